The van der Waals surface area contributed by atoms with Crippen LogP contribution in [0.5, 0.6) is 5.75 Å². The number of hydrogen-bond acceptors (Lipinski definition) is 4. The fraction of sp³-hybridized carbons (Fsp3) is 0.632. The van der Waals surface area contributed by atoms with Crippen molar-refractivity contribution in [2.45, 2.75) is 32.7 Å². The van der Waals surface area contributed by atoms with Gasteiger partial charge in [0.25, 0.3) is 0 Å². The molecule has 1 fully saturated rings. The molecule has 0 saturated carbocycles. The summed E-state index contributed by atoms with van der Waals surface area (Å²) in [7, 11) is 1.70. The zero-order chi connectivity index (χ0) is 19.2. The number of aliphatic hydroxyl groups is 1. The van der Waals surface area contributed by atoms with Crippen molar-refractivity contribution in [2.24, 2.45) is 5.41 Å². The Kier molecular flexibility index (Phi) is 7.23. The summed E-state index contributed by atoms with van der Waals surface area (Å²) in [5, 5.41) is 12.6. The molecule has 6 nitrogen and oxygen atoms in total. The van der Waals surface area contributed by atoms with Gasteiger partial charge in [0.05, 0.1) is 19.3 Å². The predicted octanol–water partition coefficient (Wildman–Crippen LogP) is 2.72. The molecule has 0 radical (unpaired) electrons. The number of nitrogens with zero attached hydrogens (tertiary/aromatic N) is 1. The molecule has 1 heterocycles. The van der Waals surface area contributed by atoms with Crippen LogP contribution < -0.4 is 10.1 Å². The molecule has 1 aliphatic rings. The van der Waals surface area contributed by atoms with Crippen molar-refractivity contribution in [3.05, 3.63) is 29.6 Å². The van der Waals surface area contributed by atoms with E-state index in [1.54, 1.807) is 37.9 Å². The van der Waals surface area contributed by atoms with Crippen LogP contribution in [-0.2, 0) is 4.74 Å². The third-order valence-electron chi connectivity index (χ3n) is 4.90. The Labute approximate surface area is 154 Å². The van der Waals surface area contributed by atoms with E-state index in [-0.39, 0.29) is 29.8 Å². The highest BCUT2D eigenvalue weighted by Gasteiger charge is 2.34. The van der Waals surface area contributed by atoms with Gasteiger partial charge in [-0.2, -0.15) is 0 Å². The maximum Gasteiger partial charge on any atom is 0.317 e. The van der Waals surface area contributed by atoms with E-state index in [0.29, 0.717) is 31.9 Å². The summed E-state index contributed by atoms with van der Waals surface area (Å²) in [6.07, 6.45) is 1.45. The Hall–Kier alpha value is -1.86. The van der Waals surface area contributed by atoms with Crippen molar-refractivity contribution < 1.29 is 23.8 Å². The lowest BCUT2D eigenvalue weighted by atomic mass is 9.80. The minimum Gasteiger partial charge on any atom is -0.491 e. The van der Waals surface area contributed by atoms with Crippen molar-refractivity contribution in [1.82, 2.24) is 10.2 Å². The SMILES string of the molecule is CCOc1ccc(C(C)NC(=O)N(C)CC2(CO)CCOCC2)cc1F. The van der Waals surface area contributed by atoms with E-state index in [1.807, 2.05) is 0 Å². The van der Waals surface area contributed by atoms with Gasteiger partial charge in [-0.15, -0.1) is 0 Å². The Balaban J connectivity index is 1.96. The smallest absolute Gasteiger partial charge is 0.317 e. The summed E-state index contributed by atoms with van der Waals surface area (Å²) in [6.45, 7) is 5.65. The molecule has 0 aromatic heterocycles. The number of hydrogen-bond donors (Lipinski definition) is 2. The number of urea groups is 1. The molecule has 146 valence electrons. The highest BCUT2D eigenvalue weighted by Crippen LogP contribution is 2.31. The zero-order valence-electron chi connectivity index (χ0n) is 15.8. The summed E-state index contributed by atoms with van der Waals surface area (Å²) >= 11 is 0. The molecule has 1 unspecified atom stereocenters. The van der Waals surface area contributed by atoms with Crippen LogP contribution in [0.1, 0.15) is 38.3 Å². The second kappa shape index (κ2) is 9.19. The average molecular weight is 368 g/mol. The summed E-state index contributed by atoms with van der Waals surface area (Å²) < 4.78 is 24.6. The molecular weight excluding hydrogens is 339 g/mol. The topological polar surface area (TPSA) is 71.0 Å². The van der Waals surface area contributed by atoms with Crippen molar-refractivity contribution in [3.63, 3.8) is 0 Å². The van der Waals surface area contributed by atoms with Gasteiger partial charge >= 0.3 is 6.03 Å². The molecular formula is C19H29FN2O4. The minimum atomic E-state index is -0.444. The first kappa shape index (κ1) is 20.5. The molecule has 0 bridgehead atoms. The van der Waals surface area contributed by atoms with Gasteiger partial charge in [0.15, 0.2) is 11.6 Å². The highest BCUT2D eigenvalue weighted by atomic mass is 19.1. The van der Waals surface area contributed by atoms with Gasteiger partial charge in [0, 0.05) is 32.2 Å². The third-order valence-corrected chi connectivity index (χ3v) is 4.90. The van der Waals surface area contributed by atoms with E-state index in [0.717, 1.165) is 12.8 Å². The van der Waals surface area contributed by atoms with E-state index in [1.165, 1.54) is 6.07 Å². The number of halogens is 1. The van der Waals surface area contributed by atoms with Crippen LogP contribution in [0.25, 0.3) is 0 Å². The maximum absolute atomic E-state index is 14.0. The fourth-order valence-electron chi connectivity index (χ4n) is 3.18. The Bertz CT molecular complexity index is 605. The van der Waals surface area contributed by atoms with Crippen LogP contribution in [0.4, 0.5) is 9.18 Å². The van der Waals surface area contributed by atoms with Crippen molar-refractivity contribution in [3.8, 4) is 5.75 Å². The molecule has 0 aliphatic carbocycles. The Morgan fingerprint density at radius 2 is 2.15 bits per heavy atom. The molecule has 7 heteroatoms. The van der Waals surface area contributed by atoms with Gasteiger partial charge < -0.3 is 24.8 Å². The highest BCUT2D eigenvalue weighted by molar-refractivity contribution is 5.74. The second-order valence-corrected chi connectivity index (χ2v) is 6.92. The largest absolute Gasteiger partial charge is 0.491 e. The molecule has 1 aromatic rings. The van der Waals surface area contributed by atoms with E-state index in [9.17, 15) is 14.3 Å². The first-order valence-corrected chi connectivity index (χ1v) is 9.03. The minimum absolute atomic E-state index is 0.0215. The molecule has 0 spiro atoms. The molecule has 1 aliphatic heterocycles. The quantitative estimate of drug-likeness (QED) is 0.776. The monoisotopic (exact) mass is 368 g/mol. The Morgan fingerprint density at radius 3 is 2.73 bits per heavy atom. The number of rotatable bonds is 7. The number of amides is 2. The molecule has 2 N–H and O–H groups in total. The second-order valence-electron chi connectivity index (χ2n) is 6.92. The zero-order valence-corrected chi connectivity index (χ0v) is 15.8. The van der Waals surface area contributed by atoms with Crippen LogP contribution in [-0.4, -0.2) is 56.1 Å². The normalized spacial score (nSPS) is 17.4. The number of carbonyl (C=O) groups excluding carboxylic acids is 1. The van der Waals surface area contributed by atoms with Gasteiger partial charge in [-0.25, -0.2) is 9.18 Å². The number of carbonyl (C=O) groups is 1. The maximum atomic E-state index is 14.0. The van der Waals surface area contributed by atoms with Crippen LogP contribution in [0, 0.1) is 11.2 Å². The predicted molar refractivity (Wildman–Crippen MR) is 96.7 cm³/mol. The van der Waals surface area contributed by atoms with Gasteiger partial charge in [-0.1, -0.05) is 6.07 Å². The van der Waals surface area contributed by atoms with E-state index < -0.39 is 5.82 Å². The number of nitrogens with one attached hydrogen (secondary N) is 1. The molecule has 2 rings (SSSR count). The summed E-state index contributed by atoms with van der Waals surface area (Å²) in [6, 6.07) is 4.08. The molecule has 26 heavy (non-hydrogen) atoms. The fourth-order valence-corrected chi connectivity index (χ4v) is 3.18. The average Bonchev–Trinajstić information content (AvgIpc) is 2.64. The Morgan fingerprint density at radius 1 is 1.46 bits per heavy atom. The molecule has 1 atom stereocenters. The van der Waals surface area contributed by atoms with Crippen molar-refractivity contribution >= 4 is 6.03 Å². The van der Waals surface area contributed by atoms with E-state index in [4.69, 9.17) is 9.47 Å². The van der Waals surface area contributed by atoms with E-state index in [2.05, 4.69) is 5.32 Å². The first-order valence-electron chi connectivity index (χ1n) is 9.03. The van der Waals surface area contributed by atoms with Crippen LogP contribution in [0.15, 0.2) is 18.2 Å². The molecule has 1 saturated heterocycles. The third kappa shape index (κ3) is 5.08. The lowest BCUT2D eigenvalue weighted by molar-refractivity contribution is -0.0261. The lowest BCUT2D eigenvalue weighted by Crippen LogP contribution is -2.47. The summed E-state index contributed by atoms with van der Waals surface area (Å²) in [5.74, 6) is -0.239. The van der Waals surface area contributed by atoms with Gasteiger partial charge in [-0.3, -0.25) is 0 Å². The van der Waals surface area contributed by atoms with Crippen LogP contribution in [0.2, 0.25) is 0 Å². The van der Waals surface area contributed by atoms with Crippen LogP contribution in [0.3, 0.4) is 0 Å². The summed E-state index contributed by atoms with van der Waals surface area (Å²) in [4.78, 5) is 14.1. The van der Waals surface area contributed by atoms with Crippen LogP contribution >= 0.6 is 0 Å². The van der Waals surface area contributed by atoms with Crippen molar-refractivity contribution in [1.29, 1.82) is 0 Å². The standard InChI is InChI=1S/C19H29FN2O4/c1-4-26-17-6-5-15(11-16(17)20)14(2)21-18(24)22(3)12-19(13-23)7-9-25-10-8-19/h5-6,11,14,23H,4,7-10,12-13H2,1-3H3,(H,21,24). The first-order chi connectivity index (χ1) is 12.4. The number of benzene rings is 1. The molecule has 1 aromatic carbocycles. The lowest BCUT2D eigenvalue weighted by Gasteiger charge is -2.38. The number of ether oxygens (including phenoxy) is 2. The van der Waals surface area contributed by atoms with Gasteiger partial charge in [0.2, 0.25) is 0 Å². The molecule has 2 amide bonds. The van der Waals surface area contributed by atoms with Gasteiger partial charge in [0.1, 0.15) is 0 Å². The van der Waals surface area contributed by atoms with Gasteiger partial charge in [-0.05, 0) is 44.4 Å². The summed E-state index contributed by atoms with van der Waals surface area (Å²) in [5.41, 5.74) is 0.342. The van der Waals surface area contributed by atoms with E-state index >= 15 is 0 Å². The number of aliphatic hydroxyl groups excluding tert-OH is 1. The van der Waals surface area contributed by atoms with Crippen molar-refractivity contribution in [2.75, 3.05) is 40.0 Å².